The van der Waals surface area contributed by atoms with Crippen molar-refractivity contribution >= 4 is 33.2 Å². The van der Waals surface area contributed by atoms with Gasteiger partial charge in [-0.15, -0.1) is 0 Å². The van der Waals surface area contributed by atoms with Gasteiger partial charge in [-0.2, -0.15) is 13.2 Å². The largest absolute Gasteiger partial charge is 0.417 e. The van der Waals surface area contributed by atoms with E-state index in [1.165, 1.54) is 12.1 Å². The number of hydrogen-bond donors (Lipinski definition) is 1. The number of anilines is 1. The number of nitrogens with zero attached hydrogens (tertiary/aromatic N) is 2. The highest BCUT2D eigenvalue weighted by molar-refractivity contribution is 7.92. The number of halogens is 4. The normalized spacial score (nSPS) is 14.6. The van der Waals surface area contributed by atoms with Crippen molar-refractivity contribution in [3.8, 4) is 0 Å². The molecule has 3 aromatic rings. The third-order valence-corrected chi connectivity index (χ3v) is 8.55. The van der Waals surface area contributed by atoms with E-state index in [2.05, 4.69) is 10.2 Å². The molecule has 3 aromatic carbocycles. The van der Waals surface area contributed by atoms with Crippen LogP contribution in [0.25, 0.3) is 0 Å². The first-order valence-electron chi connectivity index (χ1n) is 12.5. The Balaban J connectivity index is 1.55. The lowest BCUT2D eigenvalue weighted by Crippen LogP contribution is -2.40. The summed E-state index contributed by atoms with van der Waals surface area (Å²) in [5.41, 5.74) is 1.12. The van der Waals surface area contributed by atoms with Gasteiger partial charge in [-0.1, -0.05) is 53.6 Å². The van der Waals surface area contributed by atoms with Gasteiger partial charge in [0, 0.05) is 26.2 Å². The molecule has 4 rings (SSSR count). The van der Waals surface area contributed by atoms with E-state index in [0.717, 1.165) is 48.5 Å². The average Bonchev–Trinajstić information content (AvgIpc) is 2.91. The average molecular weight is 596 g/mol. The van der Waals surface area contributed by atoms with Crippen LogP contribution in [0.2, 0.25) is 5.02 Å². The van der Waals surface area contributed by atoms with Gasteiger partial charge in [-0.3, -0.25) is 14.0 Å². The van der Waals surface area contributed by atoms with Crippen molar-refractivity contribution in [2.45, 2.75) is 31.1 Å². The number of benzene rings is 3. The quantitative estimate of drug-likeness (QED) is 0.376. The number of amides is 1. The van der Waals surface area contributed by atoms with Crippen LogP contribution in [-0.4, -0.2) is 52.1 Å². The number of nitrogens with one attached hydrogen (secondary N) is 1. The van der Waals surface area contributed by atoms with Crippen molar-refractivity contribution in [3.63, 3.8) is 0 Å². The Morgan fingerprint density at radius 2 is 1.70 bits per heavy atom. The number of morpholine rings is 1. The van der Waals surface area contributed by atoms with Crippen molar-refractivity contribution < 1.29 is 31.1 Å². The van der Waals surface area contributed by atoms with Gasteiger partial charge in [0.25, 0.3) is 10.0 Å². The molecule has 0 spiro atoms. The lowest BCUT2D eigenvalue weighted by molar-refractivity contribution is -0.137. The van der Waals surface area contributed by atoms with Crippen molar-refractivity contribution in [1.29, 1.82) is 0 Å². The summed E-state index contributed by atoms with van der Waals surface area (Å²) in [6.07, 6.45) is -4.82. The second-order valence-electron chi connectivity index (χ2n) is 9.47. The highest BCUT2D eigenvalue weighted by atomic mass is 35.5. The van der Waals surface area contributed by atoms with E-state index in [-0.39, 0.29) is 17.1 Å². The predicted molar refractivity (Wildman–Crippen MR) is 147 cm³/mol. The predicted octanol–water partition coefficient (Wildman–Crippen LogP) is 5.01. The van der Waals surface area contributed by atoms with Crippen LogP contribution in [0.5, 0.6) is 0 Å². The smallest absolute Gasteiger partial charge is 0.379 e. The Hall–Kier alpha value is -3.12. The minimum absolute atomic E-state index is 0.114. The van der Waals surface area contributed by atoms with E-state index in [4.69, 9.17) is 16.3 Å². The molecule has 0 bridgehead atoms. The Morgan fingerprint density at radius 3 is 2.38 bits per heavy atom. The molecule has 0 aromatic heterocycles. The topological polar surface area (TPSA) is 79.0 Å². The molecule has 1 saturated heterocycles. The van der Waals surface area contributed by atoms with Crippen LogP contribution >= 0.6 is 11.6 Å². The summed E-state index contributed by atoms with van der Waals surface area (Å²) in [5.74, 6) is -0.683. The summed E-state index contributed by atoms with van der Waals surface area (Å²) in [4.78, 5) is 15.1. The van der Waals surface area contributed by atoms with Gasteiger partial charge < -0.3 is 10.1 Å². The van der Waals surface area contributed by atoms with Crippen LogP contribution in [0, 0.1) is 6.92 Å². The van der Waals surface area contributed by atoms with Gasteiger partial charge in [0.2, 0.25) is 5.91 Å². The Labute approximate surface area is 236 Å². The van der Waals surface area contributed by atoms with Gasteiger partial charge in [-0.25, -0.2) is 8.42 Å². The van der Waals surface area contributed by atoms with Crippen molar-refractivity contribution in [1.82, 2.24) is 10.2 Å². The lowest BCUT2D eigenvalue weighted by Gasteiger charge is -2.26. The van der Waals surface area contributed by atoms with Gasteiger partial charge >= 0.3 is 6.18 Å². The van der Waals surface area contributed by atoms with Crippen LogP contribution in [0.1, 0.15) is 22.3 Å². The molecule has 1 amide bonds. The molecule has 0 atom stereocenters. The highest BCUT2D eigenvalue weighted by Gasteiger charge is 2.35. The standard InChI is InChI=1S/C28H29ClF3N3O4S/c1-20-5-8-24(9-6-20)40(37,38)35(23-7-10-26(29)25(16-23)28(30,31)32)19-27(36)33-17-21-3-2-4-22(15-21)18-34-11-13-39-14-12-34/h2-10,15-16H,11-14,17-19H2,1H3,(H,33,36). The lowest BCUT2D eigenvalue weighted by atomic mass is 10.1. The monoisotopic (exact) mass is 595 g/mol. The number of carbonyl (C=O) groups is 1. The molecule has 1 fully saturated rings. The Morgan fingerprint density at radius 1 is 1.02 bits per heavy atom. The maximum Gasteiger partial charge on any atom is 0.417 e. The summed E-state index contributed by atoms with van der Waals surface area (Å²) < 4.78 is 73.8. The summed E-state index contributed by atoms with van der Waals surface area (Å²) >= 11 is 5.76. The maximum atomic E-state index is 13.6. The molecule has 0 aliphatic carbocycles. The molecule has 7 nitrogen and oxygen atoms in total. The molecule has 12 heteroatoms. The molecular formula is C28H29ClF3N3O4S. The number of ether oxygens (including phenoxy) is 1. The SMILES string of the molecule is Cc1ccc(S(=O)(=O)N(CC(=O)NCc2cccc(CN3CCOCC3)c2)c2ccc(Cl)c(C(F)(F)F)c2)cc1. The van der Waals surface area contributed by atoms with E-state index in [0.29, 0.717) is 23.6 Å². The van der Waals surface area contributed by atoms with Gasteiger partial charge in [0.15, 0.2) is 0 Å². The zero-order chi connectivity index (χ0) is 28.9. The first-order valence-corrected chi connectivity index (χ1v) is 14.4. The van der Waals surface area contributed by atoms with Crippen LogP contribution < -0.4 is 9.62 Å². The fraction of sp³-hybridized carbons (Fsp3) is 0.321. The molecule has 1 heterocycles. The van der Waals surface area contributed by atoms with Crippen molar-refractivity contribution in [3.05, 3.63) is 94.0 Å². The zero-order valence-corrected chi connectivity index (χ0v) is 23.3. The molecule has 1 aliphatic heterocycles. The van der Waals surface area contributed by atoms with Crippen LogP contribution in [0.4, 0.5) is 18.9 Å². The Kier molecular flexibility index (Phi) is 9.40. The van der Waals surface area contributed by atoms with Crippen molar-refractivity contribution in [2.24, 2.45) is 0 Å². The van der Waals surface area contributed by atoms with Crippen LogP contribution in [-0.2, 0) is 38.8 Å². The van der Waals surface area contributed by atoms with Crippen LogP contribution in [0.3, 0.4) is 0 Å². The Bertz CT molecular complexity index is 1440. The number of carbonyl (C=O) groups excluding carboxylic acids is 1. The van der Waals surface area contributed by atoms with E-state index in [1.54, 1.807) is 19.1 Å². The zero-order valence-electron chi connectivity index (χ0n) is 21.7. The summed E-state index contributed by atoms with van der Waals surface area (Å²) in [6.45, 7) is 4.88. The number of alkyl halides is 3. The van der Waals surface area contributed by atoms with Crippen molar-refractivity contribution in [2.75, 3.05) is 37.2 Å². The molecule has 214 valence electrons. The highest BCUT2D eigenvalue weighted by Crippen LogP contribution is 2.38. The minimum atomic E-state index is -4.82. The van der Waals surface area contributed by atoms with E-state index in [9.17, 15) is 26.4 Å². The molecule has 0 saturated carbocycles. The molecule has 0 unspecified atom stereocenters. The third kappa shape index (κ3) is 7.54. The van der Waals surface area contributed by atoms with E-state index >= 15 is 0 Å². The maximum absolute atomic E-state index is 13.6. The second kappa shape index (κ2) is 12.6. The summed E-state index contributed by atoms with van der Waals surface area (Å²) in [6, 6.07) is 16.2. The number of rotatable bonds is 9. The molecule has 1 N–H and O–H groups in total. The fourth-order valence-electron chi connectivity index (χ4n) is 4.28. The van der Waals surface area contributed by atoms with Gasteiger partial charge in [-0.05, 0) is 48.4 Å². The first-order chi connectivity index (χ1) is 18.9. The van der Waals surface area contributed by atoms with E-state index in [1.807, 2.05) is 24.3 Å². The first kappa shape index (κ1) is 29.9. The molecular weight excluding hydrogens is 567 g/mol. The molecule has 0 radical (unpaired) electrons. The fourth-order valence-corrected chi connectivity index (χ4v) is 5.92. The van der Waals surface area contributed by atoms with Crippen LogP contribution in [0.15, 0.2) is 71.6 Å². The third-order valence-electron chi connectivity index (χ3n) is 6.43. The number of aryl methyl sites for hydroxylation is 1. The minimum Gasteiger partial charge on any atom is -0.379 e. The second-order valence-corrected chi connectivity index (χ2v) is 11.7. The van der Waals surface area contributed by atoms with E-state index < -0.39 is 39.2 Å². The van der Waals surface area contributed by atoms with Gasteiger partial charge in [0.05, 0.1) is 34.4 Å². The molecule has 40 heavy (non-hydrogen) atoms. The summed E-state index contributed by atoms with van der Waals surface area (Å²) in [7, 11) is -4.40. The molecule has 1 aliphatic rings. The number of sulfonamides is 1. The number of hydrogen-bond acceptors (Lipinski definition) is 5. The van der Waals surface area contributed by atoms with Gasteiger partial charge in [0.1, 0.15) is 6.54 Å². The summed E-state index contributed by atoms with van der Waals surface area (Å²) in [5, 5.41) is 2.11.